The van der Waals surface area contributed by atoms with Crippen molar-refractivity contribution in [2.24, 2.45) is 5.73 Å². The molecule has 5 rings (SSSR count). The molecule has 31 heavy (non-hydrogen) atoms. The molecule has 0 aliphatic carbocycles. The fourth-order valence-corrected chi connectivity index (χ4v) is 3.83. The number of para-hydroxylation sites is 1. The van der Waals surface area contributed by atoms with Crippen molar-refractivity contribution in [3.05, 3.63) is 66.4 Å². The number of phenolic OH excluding ortho intramolecular Hbond substituents is 1. The number of nitrogens with zero attached hydrogens (tertiary/aromatic N) is 3. The third-order valence-corrected chi connectivity index (χ3v) is 5.60. The van der Waals surface area contributed by atoms with E-state index < -0.39 is 12.1 Å². The Morgan fingerprint density at radius 1 is 1.13 bits per heavy atom. The van der Waals surface area contributed by atoms with Crippen LogP contribution in [-0.4, -0.2) is 55.4 Å². The monoisotopic (exact) mass is 415 g/mol. The second-order valence-electron chi connectivity index (χ2n) is 7.71. The largest absolute Gasteiger partial charge is 0.507 e. The van der Waals surface area contributed by atoms with Crippen molar-refractivity contribution in [1.82, 2.24) is 20.1 Å². The minimum atomic E-state index is -0.796. The first-order valence-corrected chi connectivity index (χ1v) is 9.96. The highest BCUT2D eigenvalue weighted by molar-refractivity contribution is 5.94. The number of nitrogens with two attached hydrogens (primary N) is 1. The highest BCUT2D eigenvalue weighted by atomic mass is 16.3. The number of nitrogens with one attached hydrogen (secondary N) is 1. The molecule has 1 amide bonds. The van der Waals surface area contributed by atoms with Crippen LogP contribution in [0.1, 0.15) is 11.6 Å². The summed E-state index contributed by atoms with van der Waals surface area (Å²) in [7, 11) is 0. The smallest absolute Gasteiger partial charge is 0.244 e. The summed E-state index contributed by atoms with van der Waals surface area (Å²) in [6.07, 6.45) is 1.25. The maximum atomic E-state index is 12.5. The lowest BCUT2D eigenvalue weighted by Crippen LogP contribution is -2.55. The summed E-state index contributed by atoms with van der Waals surface area (Å²) in [6.45, 7) is 0.644. The fraction of sp³-hybridized carbons (Fsp3) is 0.174. The van der Waals surface area contributed by atoms with Gasteiger partial charge >= 0.3 is 0 Å². The molecule has 2 aromatic heterocycles. The maximum absolute atomic E-state index is 12.5. The second-order valence-corrected chi connectivity index (χ2v) is 7.71. The van der Waals surface area contributed by atoms with E-state index in [4.69, 9.17) is 5.73 Å². The lowest BCUT2D eigenvalue weighted by atomic mass is 9.98. The molecule has 1 fully saturated rings. The Morgan fingerprint density at radius 3 is 2.71 bits per heavy atom. The molecule has 3 heterocycles. The van der Waals surface area contributed by atoms with Gasteiger partial charge in [0.1, 0.15) is 11.8 Å². The van der Waals surface area contributed by atoms with E-state index in [2.05, 4.69) is 15.2 Å². The number of carbonyl (C=O) groups is 1. The third-order valence-electron chi connectivity index (χ3n) is 5.60. The van der Waals surface area contributed by atoms with Gasteiger partial charge in [0.05, 0.1) is 11.8 Å². The zero-order valence-corrected chi connectivity index (χ0v) is 16.6. The Bertz CT molecular complexity index is 1280. The Morgan fingerprint density at radius 2 is 1.94 bits per heavy atom. The molecule has 2 aromatic carbocycles. The number of aromatic hydroxyl groups is 1. The lowest BCUT2D eigenvalue weighted by Gasteiger charge is -2.37. The van der Waals surface area contributed by atoms with Gasteiger partial charge in [-0.15, -0.1) is 0 Å². The minimum absolute atomic E-state index is 0.154. The first-order chi connectivity index (χ1) is 15.0. The molecule has 8 heteroatoms. The number of aromatic nitrogens is 3. The molecule has 1 aliphatic rings. The molecule has 4 aromatic rings. The first-order valence-electron chi connectivity index (χ1n) is 9.96. The number of benzene rings is 2. The average molecular weight is 415 g/mol. The number of aromatic amines is 1. The van der Waals surface area contributed by atoms with Crippen molar-refractivity contribution in [2.45, 2.75) is 12.1 Å². The van der Waals surface area contributed by atoms with Crippen LogP contribution in [-0.2, 0) is 4.79 Å². The van der Waals surface area contributed by atoms with Gasteiger partial charge in [-0.05, 0) is 35.4 Å². The summed E-state index contributed by atoms with van der Waals surface area (Å²) >= 11 is 0. The van der Waals surface area contributed by atoms with Gasteiger partial charge in [-0.2, -0.15) is 5.10 Å². The quantitative estimate of drug-likeness (QED) is 0.405. The van der Waals surface area contributed by atoms with Gasteiger partial charge < -0.3 is 20.8 Å². The highest BCUT2D eigenvalue weighted by Crippen LogP contribution is 2.34. The van der Waals surface area contributed by atoms with Crippen LogP contribution in [0, 0.1) is 0 Å². The summed E-state index contributed by atoms with van der Waals surface area (Å²) < 4.78 is 0. The van der Waals surface area contributed by atoms with Crippen LogP contribution in [0.4, 0.5) is 0 Å². The minimum Gasteiger partial charge on any atom is -0.507 e. The maximum Gasteiger partial charge on any atom is 0.244 e. The average Bonchev–Trinajstić information content (AvgIpc) is 3.19. The molecule has 0 saturated carbocycles. The predicted molar refractivity (Wildman–Crippen MR) is 116 cm³/mol. The van der Waals surface area contributed by atoms with Crippen LogP contribution in [0.25, 0.3) is 33.4 Å². The Hall–Kier alpha value is -3.75. The number of hydrogen-bond donors (Lipinski definition) is 4. The van der Waals surface area contributed by atoms with Crippen molar-refractivity contribution in [2.75, 3.05) is 13.1 Å². The number of fused-ring (bicyclic) bond motifs is 1. The number of rotatable bonds is 4. The number of pyridine rings is 1. The Balaban J connectivity index is 1.50. The van der Waals surface area contributed by atoms with Crippen LogP contribution in [0.3, 0.4) is 0 Å². The van der Waals surface area contributed by atoms with Gasteiger partial charge in [-0.1, -0.05) is 30.3 Å². The summed E-state index contributed by atoms with van der Waals surface area (Å²) in [6, 6.07) is 15.7. The Kier molecular flexibility index (Phi) is 4.65. The number of aliphatic hydroxyl groups is 1. The SMILES string of the molecule is NC(C(=O)N1CC(O)C1)c1cccc(-c2cnc3n[nH]c(-c4ccccc4O)c3c2)c1. The molecule has 156 valence electrons. The topological polar surface area (TPSA) is 128 Å². The summed E-state index contributed by atoms with van der Waals surface area (Å²) in [5, 5.41) is 27.6. The van der Waals surface area contributed by atoms with Crippen LogP contribution < -0.4 is 5.73 Å². The molecule has 1 saturated heterocycles. The molecular weight excluding hydrogens is 394 g/mol. The van der Waals surface area contributed by atoms with Crippen LogP contribution in [0.2, 0.25) is 0 Å². The third kappa shape index (κ3) is 3.41. The van der Waals surface area contributed by atoms with E-state index in [0.717, 1.165) is 16.5 Å². The predicted octanol–water partition coefficient (Wildman–Crippen LogP) is 2.20. The fourth-order valence-electron chi connectivity index (χ4n) is 3.83. The van der Waals surface area contributed by atoms with E-state index >= 15 is 0 Å². The van der Waals surface area contributed by atoms with E-state index in [-0.39, 0.29) is 11.7 Å². The molecule has 1 atom stereocenters. The van der Waals surface area contributed by atoms with Crippen LogP contribution in [0.5, 0.6) is 5.75 Å². The number of phenols is 1. The van der Waals surface area contributed by atoms with Gasteiger partial charge in [-0.25, -0.2) is 4.98 Å². The van der Waals surface area contributed by atoms with Crippen molar-refractivity contribution < 1.29 is 15.0 Å². The highest BCUT2D eigenvalue weighted by Gasteiger charge is 2.32. The van der Waals surface area contributed by atoms with E-state index in [1.165, 1.54) is 0 Å². The Labute approximate surface area is 178 Å². The van der Waals surface area contributed by atoms with Gasteiger partial charge in [-0.3, -0.25) is 9.89 Å². The summed E-state index contributed by atoms with van der Waals surface area (Å²) in [5.41, 5.74) is 10.5. The number of aliphatic hydroxyl groups excluding tert-OH is 1. The number of β-amino-alcohol motifs (C(OH)–C–C–N with tert-alkyl or cyclic N) is 1. The number of H-pyrrole nitrogens is 1. The van der Waals surface area contributed by atoms with Crippen LogP contribution >= 0.6 is 0 Å². The van der Waals surface area contributed by atoms with Gasteiger partial charge in [0.15, 0.2) is 5.65 Å². The molecule has 1 unspecified atom stereocenters. The molecule has 8 nitrogen and oxygen atoms in total. The molecule has 5 N–H and O–H groups in total. The molecule has 0 bridgehead atoms. The van der Waals surface area contributed by atoms with E-state index in [1.807, 2.05) is 42.5 Å². The number of carbonyl (C=O) groups excluding carboxylic acids is 1. The van der Waals surface area contributed by atoms with Gasteiger partial charge in [0.2, 0.25) is 5.91 Å². The van der Waals surface area contributed by atoms with Gasteiger partial charge in [0.25, 0.3) is 0 Å². The molecule has 0 radical (unpaired) electrons. The van der Waals surface area contributed by atoms with Crippen LogP contribution in [0.15, 0.2) is 60.8 Å². The lowest BCUT2D eigenvalue weighted by molar-refractivity contribution is -0.142. The van der Waals surface area contributed by atoms with Crippen molar-refractivity contribution in [3.8, 4) is 28.1 Å². The summed E-state index contributed by atoms with van der Waals surface area (Å²) in [5.74, 6) is -0.0475. The normalized spacial score (nSPS) is 15.1. The first kappa shape index (κ1) is 19.2. The van der Waals surface area contributed by atoms with E-state index in [9.17, 15) is 15.0 Å². The summed E-state index contributed by atoms with van der Waals surface area (Å²) in [4.78, 5) is 18.5. The number of hydrogen-bond acceptors (Lipinski definition) is 6. The van der Waals surface area contributed by atoms with E-state index in [1.54, 1.807) is 23.2 Å². The second kappa shape index (κ2) is 7.50. The van der Waals surface area contributed by atoms with E-state index in [0.29, 0.717) is 35.6 Å². The van der Waals surface area contributed by atoms with Gasteiger partial charge in [0, 0.05) is 35.8 Å². The van der Waals surface area contributed by atoms with Crippen molar-refractivity contribution in [1.29, 1.82) is 0 Å². The molecular formula is C23H21N5O3. The zero-order chi connectivity index (χ0) is 21.5. The van der Waals surface area contributed by atoms with Crippen molar-refractivity contribution in [3.63, 3.8) is 0 Å². The molecule has 0 spiro atoms. The zero-order valence-electron chi connectivity index (χ0n) is 16.6. The number of likely N-dealkylation sites (tertiary alicyclic amines) is 1. The molecule has 1 aliphatic heterocycles. The van der Waals surface area contributed by atoms with Crippen molar-refractivity contribution >= 4 is 16.9 Å². The standard InChI is InChI=1S/C23H21N5O3/c24-20(23(31)28-11-16(29)12-28)14-5-3-4-13(8-14)15-9-18-21(26-27-22(18)25-10-15)17-6-1-2-7-19(17)30/h1-10,16,20,29-30H,11-12,24H2,(H,25,26,27). The number of amides is 1.